The molecule has 0 aliphatic carbocycles. The van der Waals surface area contributed by atoms with Crippen LogP contribution < -0.4 is 10.2 Å². The lowest BCUT2D eigenvalue weighted by molar-refractivity contribution is -0.109. The largest absolute Gasteiger partial charge is 0.357 e. The first-order valence-electron chi connectivity index (χ1n) is 15.9. The van der Waals surface area contributed by atoms with Crippen molar-refractivity contribution in [3.8, 4) is 17.3 Å². The molecule has 2 unspecified atom stereocenters. The molecule has 0 saturated carbocycles. The molecule has 0 bridgehead atoms. The van der Waals surface area contributed by atoms with Crippen molar-refractivity contribution in [1.82, 2.24) is 30.2 Å². The van der Waals surface area contributed by atoms with Crippen molar-refractivity contribution in [1.29, 1.82) is 5.26 Å². The SMILES string of the molecule is CC.CCC(C)C(C)(C)C(=O)c1ccc(-c2cnc(N3CCN(C)C(CNC=O)C3)nc2)nc1C.CCc1cccnc1C#N. The van der Waals surface area contributed by atoms with Gasteiger partial charge >= 0.3 is 0 Å². The first-order valence-corrected chi connectivity index (χ1v) is 15.9. The third kappa shape index (κ3) is 9.63. The molecule has 1 amide bonds. The molecule has 0 radical (unpaired) electrons. The van der Waals surface area contributed by atoms with Crippen molar-refractivity contribution < 1.29 is 9.59 Å². The normalized spacial score (nSPS) is 15.4. The van der Waals surface area contributed by atoms with Crippen LogP contribution >= 0.6 is 0 Å². The zero-order valence-corrected chi connectivity index (χ0v) is 28.5. The summed E-state index contributed by atoms with van der Waals surface area (Å²) in [6, 6.07) is 9.77. The van der Waals surface area contributed by atoms with Gasteiger partial charge in [0.2, 0.25) is 12.4 Å². The molecule has 45 heavy (non-hydrogen) atoms. The van der Waals surface area contributed by atoms with Crippen molar-refractivity contribution in [2.75, 3.05) is 38.1 Å². The maximum absolute atomic E-state index is 13.2. The number of likely N-dealkylation sites (N-methyl/N-ethyl adjacent to an activating group) is 1. The van der Waals surface area contributed by atoms with Crippen LogP contribution in [-0.2, 0) is 11.2 Å². The Morgan fingerprint density at radius 3 is 2.40 bits per heavy atom. The van der Waals surface area contributed by atoms with E-state index >= 15 is 0 Å². The van der Waals surface area contributed by atoms with Crippen LogP contribution in [0.15, 0.2) is 42.9 Å². The molecule has 10 heteroatoms. The Balaban J connectivity index is 0.000000495. The zero-order chi connectivity index (χ0) is 33.6. The molecule has 0 spiro atoms. The Bertz CT molecular complexity index is 1420. The number of amides is 1. The van der Waals surface area contributed by atoms with Gasteiger partial charge in [0.15, 0.2) is 5.78 Å². The second-order valence-corrected chi connectivity index (χ2v) is 11.5. The van der Waals surface area contributed by atoms with Gasteiger partial charge in [-0.3, -0.25) is 19.5 Å². The molecular weight excluding hydrogens is 564 g/mol. The number of hydrogen-bond acceptors (Lipinski definition) is 9. The minimum atomic E-state index is -0.435. The van der Waals surface area contributed by atoms with Crippen molar-refractivity contribution in [2.45, 2.75) is 74.3 Å². The van der Waals surface area contributed by atoms with Gasteiger partial charge in [0.25, 0.3) is 0 Å². The topological polar surface area (TPSA) is 128 Å². The summed E-state index contributed by atoms with van der Waals surface area (Å²) >= 11 is 0. The van der Waals surface area contributed by atoms with E-state index in [2.05, 4.69) is 51.0 Å². The number of piperazine rings is 1. The summed E-state index contributed by atoms with van der Waals surface area (Å²) in [5.74, 6) is 1.09. The number of ketones is 1. The quantitative estimate of drug-likeness (QED) is 0.232. The first kappa shape index (κ1) is 37.0. The molecule has 1 saturated heterocycles. The third-order valence-corrected chi connectivity index (χ3v) is 8.57. The van der Waals surface area contributed by atoms with Crippen molar-refractivity contribution in [2.24, 2.45) is 11.3 Å². The number of carbonyl (C=O) groups excluding carboxylic acids is 2. The van der Waals surface area contributed by atoms with Crippen molar-refractivity contribution >= 4 is 18.1 Å². The third-order valence-electron chi connectivity index (χ3n) is 8.57. The molecule has 1 N–H and O–H groups in total. The molecule has 4 rings (SSSR count). The summed E-state index contributed by atoms with van der Waals surface area (Å²) in [5.41, 5.74) is 4.10. The Morgan fingerprint density at radius 1 is 1.16 bits per heavy atom. The number of anilines is 1. The number of aryl methyl sites for hydroxylation is 2. The number of nitriles is 1. The van der Waals surface area contributed by atoms with E-state index in [-0.39, 0.29) is 17.7 Å². The monoisotopic (exact) mass is 614 g/mol. The molecule has 4 heterocycles. The number of nitrogens with one attached hydrogen (secondary N) is 1. The Hall–Kier alpha value is -4.23. The highest BCUT2D eigenvalue weighted by Gasteiger charge is 2.34. The van der Waals surface area contributed by atoms with E-state index in [0.717, 1.165) is 61.4 Å². The molecular formula is C35H50N8O2. The standard InChI is InChI=1S/C25H36N6O2.C8H8N2.C2H6/c1-7-17(2)25(4,5)23(33)21-8-9-22(29-18(21)3)19-12-27-24(28-13-19)31-11-10-30(6)20(15-31)14-26-16-32;1-2-7-4-3-5-10-8(7)6-9;1-2/h8-9,12-13,16-17,20H,7,10-11,14-15H2,1-6H3,(H,26,32);3-5H,2H2,1H3;1-2H3. The van der Waals surface area contributed by atoms with E-state index in [4.69, 9.17) is 10.2 Å². The number of nitrogens with zero attached hydrogens (tertiary/aromatic N) is 7. The van der Waals surface area contributed by atoms with Gasteiger partial charge in [-0.25, -0.2) is 15.0 Å². The predicted octanol–water partition coefficient (Wildman–Crippen LogP) is 5.51. The molecule has 1 aliphatic rings. The van der Waals surface area contributed by atoms with Gasteiger partial charge in [0.05, 0.1) is 5.69 Å². The number of hydrogen-bond donors (Lipinski definition) is 1. The van der Waals surface area contributed by atoms with Crippen LogP contribution in [0.4, 0.5) is 5.95 Å². The summed E-state index contributed by atoms with van der Waals surface area (Å²) in [5, 5.41) is 11.3. The van der Waals surface area contributed by atoms with E-state index in [1.165, 1.54) is 0 Å². The number of Topliss-reactive ketones (excluding diaryl/α,β-unsaturated/α-hetero) is 1. The van der Waals surface area contributed by atoms with Gasteiger partial charge in [-0.2, -0.15) is 5.26 Å². The average molecular weight is 615 g/mol. The summed E-state index contributed by atoms with van der Waals surface area (Å²) in [6.45, 7) is 19.2. The summed E-state index contributed by atoms with van der Waals surface area (Å²) < 4.78 is 0. The van der Waals surface area contributed by atoms with E-state index in [0.29, 0.717) is 23.8 Å². The highest BCUT2D eigenvalue weighted by molar-refractivity contribution is 6.01. The lowest BCUT2D eigenvalue weighted by Crippen LogP contribution is -2.55. The number of rotatable bonds is 10. The van der Waals surface area contributed by atoms with Gasteiger partial charge in [0, 0.05) is 73.0 Å². The maximum atomic E-state index is 13.2. The number of carbonyl (C=O) groups is 2. The van der Waals surface area contributed by atoms with Crippen molar-refractivity contribution in [3.63, 3.8) is 0 Å². The molecule has 3 aromatic rings. The number of pyridine rings is 2. The van der Waals surface area contributed by atoms with Crippen molar-refractivity contribution in [3.05, 3.63) is 65.4 Å². The Morgan fingerprint density at radius 2 is 1.84 bits per heavy atom. The lowest BCUT2D eigenvalue weighted by atomic mass is 9.73. The van der Waals surface area contributed by atoms with Gasteiger partial charge in [-0.15, -0.1) is 0 Å². The van der Waals surface area contributed by atoms with E-state index in [9.17, 15) is 9.59 Å². The summed E-state index contributed by atoms with van der Waals surface area (Å²) in [4.78, 5) is 46.0. The Labute approximate surface area is 269 Å². The average Bonchev–Trinajstić information content (AvgIpc) is 3.08. The fraction of sp³-hybridized carbons (Fsp3) is 0.514. The second kappa shape index (κ2) is 17.9. The minimum Gasteiger partial charge on any atom is -0.357 e. The molecule has 10 nitrogen and oxygen atoms in total. The summed E-state index contributed by atoms with van der Waals surface area (Å²) in [6.07, 6.45) is 7.76. The first-order chi connectivity index (χ1) is 21.6. The van der Waals surface area contributed by atoms with Crippen LogP contribution in [0.1, 0.15) is 82.2 Å². The summed E-state index contributed by atoms with van der Waals surface area (Å²) in [7, 11) is 2.06. The minimum absolute atomic E-state index is 0.133. The lowest BCUT2D eigenvalue weighted by Gasteiger charge is -2.39. The molecule has 1 aliphatic heterocycles. The fourth-order valence-electron chi connectivity index (χ4n) is 5.02. The molecule has 1 fully saturated rings. The highest BCUT2D eigenvalue weighted by Crippen LogP contribution is 2.34. The molecule has 3 aromatic heterocycles. The van der Waals surface area contributed by atoms with Crippen LogP contribution in [-0.4, -0.2) is 76.3 Å². The van der Waals surface area contributed by atoms with Crippen LogP contribution in [0.2, 0.25) is 0 Å². The van der Waals surface area contributed by atoms with Gasteiger partial charge in [-0.05, 0) is 50.1 Å². The van der Waals surface area contributed by atoms with Gasteiger partial charge in [-0.1, -0.05) is 61.0 Å². The zero-order valence-electron chi connectivity index (χ0n) is 28.5. The second-order valence-electron chi connectivity index (χ2n) is 11.5. The molecule has 242 valence electrons. The van der Waals surface area contributed by atoms with Crippen LogP contribution in [0.3, 0.4) is 0 Å². The molecule has 0 aromatic carbocycles. The van der Waals surface area contributed by atoms with Crippen LogP contribution in [0.5, 0.6) is 0 Å². The highest BCUT2D eigenvalue weighted by atomic mass is 16.1. The van der Waals surface area contributed by atoms with E-state index in [1.807, 2.05) is 71.9 Å². The smallest absolute Gasteiger partial charge is 0.225 e. The van der Waals surface area contributed by atoms with Crippen LogP contribution in [0, 0.1) is 29.6 Å². The predicted molar refractivity (Wildman–Crippen MR) is 180 cm³/mol. The maximum Gasteiger partial charge on any atom is 0.225 e. The Kier molecular flexibility index (Phi) is 14.7. The van der Waals surface area contributed by atoms with Gasteiger partial charge in [0.1, 0.15) is 11.8 Å². The fourth-order valence-corrected chi connectivity index (χ4v) is 5.02. The van der Waals surface area contributed by atoms with Crippen LogP contribution in [0.25, 0.3) is 11.3 Å². The number of aromatic nitrogens is 4. The van der Waals surface area contributed by atoms with Gasteiger partial charge < -0.3 is 10.2 Å². The van der Waals surface area contributed by atoms with E-state index in [1.54, 1.807) is 18.6 Å². The van der Waals surface area contributed by atoms with E-state index < -0.39 is 5.41 Å². The molecule has 2 atom stereocenters.